The van der Waals surface area contributed by atoms with Crippen LogP contribution >= 0.6 is 11.6 Å². The predicted molar refractivity (Wildman–Crippen MR) is 88.5 cm³/mol. The van der Waals surface area contributed by atoms with E-state index in [-0.39, 0.29) is 0 Å². The Balaban J connectivity index is 1.83. The fraction of sp³-hybridized carbons (Fsp3) is 0.333. The highest BCUT2D eigenvalue weighted by molar-refractivity contribution is 6.30. The molecule has 2 aromatic carbocycles. The molecule has 0 aromatic heterocycles. The van der Waals surface area contributed by atoms with Crippen molar-refractivity contribution in [2.24, 2.45) is 0 Å². The van der Waals surface area contributed by atoms with Crippen molar-refractivity contribution in [2.45, 2.75) is 26.0 Å². The molecule has 1 N–H and O–H groups in total. The second kappa shape index (κ2) is 7.60. The molecular formula is C18H22ClNO. The summed E-state index contributed by atoms with van der Waals surface area (Å²) in [6.07, 6.45) is 0.270. The number of hydrogen-bond donors (Lipinski definition) is 1. The Hall–Kier alpha value is -1.35. The molecule has 0 fully saturated rings. The van der Waals surface area contributed by atoms with Crippen LogP contribution in [-0.4, -0.2) is 23.6 Å². The summed E-state index contributed by atoms with van der Waals surface area (Å²) in [5, 5.41) is 10.9. The highest BCUT2D eigenvalue weighted by Crippen LogP contribution is 2.19. The van der Waals surface area contributed by atoms with Crippen LogP contribution in [0.1, 0.15) is 29.2 Å². The molecule has 0 bridgehead atoms. The number of aliphatic hydroxyl groups is 1. The van der Waals surface area contributed by atoms with Crippen molar-refractivity contribution in [1.82, 2.24) is 4.90 Å². The molecule has 1 unspecified atom stereocenters. The van der Waals surface area contributed by atoms with E-state index >= 15 is 0 Å². The van der Waals surface area contributed by atoms with Crippen molar-refractivity contribution in [3.8, 4) is 0 Å². The number of aliphatic hydroxyl groups excluding tert-OH is 1. The third-order valence-electron chi connectivity index (χ3n) is 3.57. The van der Waals surface area contributed by atoms with Crippen molar-refractivity contribution in [3.05, 3.63) is 70.2 Å². The summed E-state index contributed by atoms with van der Waals surface area (Å²) in [6, 6.07) is 15.9. The van der Waals surface area contributed by atoms with Crippen LogP contribution in [0, 0.1) is 6.92 Å². The standard InChI is InChI=1S/C18H22ClNO/c1-14-4-3-5-15(12-14)13-20(2)11-10-18(21)16-6-8-17(19)9-7-16/h3-9,12,18,21H,10-11,13H2,1-2H3. The highest BCUT2D eigenvalue weighted by Gasteiger charge is 2.09. The summed E-state index contributed by atoms with van der Waals surface area (Å²) in [6.45, 7) is 3.85. The first kappa shape index (κ1) is 16.0. The lowest BCUT2D eigenvalue weighted by Gasteiger charge is -2.19. The van der Waals surface area contributed by atoms with Crippen LogP contribution < -0.4 is 0 Å². The zero-order valence-electron chi connectivity index (χ0n) is 12.6. The molecule has 0 aliphatic heterocycles. The number of halogens is 1. The number of benzene rings is 2. The van der Waals surface area contributed by atoms with Gasteiger partial charge in [-0.3, -0.25) is 0 Å². The zero-order chi connectivity index (χ0) is 15.2. The van der Waals surface area contributed by atoms with Gasteiger partial charge in [0.1, 0.15) is 0 Å². The fourth-order valence-corrected chi connectivity index (χ4v) is 2.52. The van der Waals surface area contributed by atoms with Gasteiger partial charge in [0.2, 0.25) is 0 Å². The van der Waals surface area contributed by atoms with Crippen LogP contribution in [0.5, 0.6) is 0 Å². The van der Waals surface area contributed by atoms with E-state index in [9.17, 15) is 5.11 Å². The van der Waals surface area contributed by atoms with Gasteiger partial charge < -0.3 is 10.0 Å². The Labute approximate surface area is 132 Å². The summed E-state index contributed by atoms with van der Waals surface area (Å²) in [4.78, 5) is 2.23. The van der Waals surface area contributed by atoms with E-state index in [0.717, 1.165) is 18.7 Å². The van der Waals surface area contributed by atoms with E-state index in [1.165, 1.54) is 11.1 Å². The number of hydrogen-bond acceptors (Lipinski definition) is 2. The van der Waals surface area contributed by atoms with Crippen molar-refractivity contribution in [3.63, 3.8) is 0 Å². The summed E-state index contributed by atoms with van der Waals surface area (Å²) in [7, 11) is 2.08. The molecule has 0 saturated carbocycles. The van der Waals surface area contributed by atoms with Crippen LogP contribution in [0.3, 0.4) is 0 Å². The van der Waals surface area contributed by atoms with Crippen LogP contribution in [-0.2, 0) is 6.54 Å². The minimum absolute atomic E-state index is 0.442. The second-order valence-electron chi connectivity index (χ2n) is 5.58. The Kier molecular flexibility index (Phi) is 5.80. The maximum atomic E-state index is 10.2. The Morgan fingerprint density at radius 3 is 2.52 bits per heavy atom. The minimum atomic E-state index is -0.442. The molecule has 2 aromatic rings. The van der Waals surface area contributed by atoms with Gasteiger partial charge in [-0.2, -0.15) is 0 Å². The van der Waals surface area contributed by atoms with Crippen molar-refractivity contribution in [1.29, 1.82) is 0 Å². The normalized spacial score (nSPS) is 12.6. The Morgan fingerprint density at radius 1 is 1.14 bits per heavy atom. The number of nitrogens with zero attached hydrogens (tertiary/aromatic N) is 1. The molecule has 0 saturated heterocycles. The molecule has 112 valence electrons. The molecule has 0 heterocycles. The lowest BCUT2D eigenvalue weighted by atomic mass is 10.1. The number of rotatable bonds is 6. The highest BCUT2D eigenvalue weighted by atomic mass is 35.5. The average Bonchev–Trinajstić information content (AvgIpc) is 2.45. The first-order valence-corrected chi connectivity index (χ1v) is 7.60. The topological polar surface area (TPSA) is 23.5 Å². The van der Waals surface area contributed by atoms with Crippen molar-refractivity contribution >= 4 is 11.6 Å². The molecule has 2 rings (SSSR count). The smallest absolute Gasteiger partial charge is 0.0802 e. The fourth-order valence-electron chi connectivity index (χ4n) is 2.40. The summed E-state index contributed by atoms with van der Waals surface area (Å²) in [5.74, 6) is 0. The SMILES string of the molecule is Cc1cccc(CN(C)CCC(O)c2ccc(Cl)cc2)c1. The monoisotopic (exact) mass is 303 g/mol. The molecule has 0 aliphatic carbocycles. The van der Waals surface area contributed by atoms with Gasteiger partial charge in [0.25, 0.3) is 0 Å². The third kappa shape index (κ3) is 5.16. The minimum Gasteiger partial charge on any atom is -0.388 e. The van der Waals surface area contributed by atoms with E-state index in [2.05, 4.69) is 43.1 Å². The van der Waals surface area contributed by atoms with Gasteiger partial charge in [0, 0.05) is 18.1 Å². The number of aryl methyl sites for hydroxylation is 1. The maximum absolute atomic E-state index is 10.2. The molecule has 0 spiro atoms. The Morgan fingerprint density at radius 2 is 1.86 bits per heavy atom. The van der Waals surface area contributed by atoms with E-state index in [1.54, 1.807) is 0 Å². The summed E-state index contributed by atoms with van der Waals surface area (Å²) < 4.78 is 0. The molecular weight excluding hydrogens is 282 g/mol. The maximum Gasteiger partial charge on any atom is 0.0802 e. The largest absolute Gasteiger partial charge is 0.388 e. The van der Waals surface area contributed by atoms with Crippen molar-refractivity contribution < 1.29 is 5.11 Å². The molecule has 0 aliphatic rings. The summed E-state index contributed by atoms with van der Waals surface area (Å²) in [5.41, 5.74) is 3.50. The van der Waals surface area contributed by atoms with Gasteiger partial charge in [-0.05, 0) is 43.7 Å². The lowest BCUT2D eigenvalue weighted by molar-refractivity contribution is 0.147. The third-order valence-corrected chi connectivity index (χ3v) is 3.83. The molecule has 0 amide bonds. The summed E-state index contributed by atoms with van der Waals surface area (Å²) >= 11 is 5.86. The van der Waals surface area contributed by atoms with E-state index in [1.807, 2.05) is 24.3 Å². The quantitative estimate of drug-likeness (QED) is 0.864. The van der Waals surface area contributed by atoms with Gasteiger partial charge >= 0.3 is 0 Å². The van der Waals surface area contributed by atoms with E-state index in [4.69, 9.17) is 11.6 Å². The van der Waals surface area contributed by atoms with Gasteiger partial charge in [-0.25, -0.2) is 0 Å². The average molecular weight is 304 g/mol. The van der Waals surface area contributed by atoms with Gasteiger partial charge in [-0.15, -0.1) is 0 Å². The van der Waals surface area contributed by atoms with Crippen molar-refractivity contribution in [2.75, 3.05) is 13.6 Å². The van der Waals surface area contributed by atoms with Gasteiger partial charge in [-0.1, -0.05) is 53.6 Å². The van der Waals surface area contributed by atoms with Crippen LogP contribution in [0.15, 0.2) is 48.5 Å². The lowest BCUT2D eigenvalue weighted by Crippen LogP contribution is -2.21. The van der Waals surface area contributed by atoms with E-state index < -0.39 is 6.10 Å². The second-order valence-corrected chi connectivity index (χ2v) is 6.02. The molecule has 0 radical (unpaired) electrons. The molecule has 2 nitrogen and oxygen atoms in total. The zero-order valence-corrected chi connectivity index (χ0v) is 13.3. The first-order chi connectivity index (χ1) is 10.0. The van der Waals surface area contributed by atoms with Crippen LogP contribution in [0.2, 0.25) is 5.02 Å². The van der Waals surface area contributed by atoms with Crippen LogP contribution in [0.4, 0.5) is 0 Å². The molecule has 1 atom stereocenters. The Bertz CT molecular complexity index is 568. The van der Waals surface area contributed by atoms with Crippen LogP contribution in [0.25, 0.3) is 0 Å². The molecule has 3 heteroatoms. The van der Waals surface area contributed by atoms with Gasteiger partial charge in [0.05, 0.1) is 6.10 Å². The molecule has 21 heavy (non-hydrogen) atoms. The van der Waals surface area contributed by atoms with E-state index in [0.29, 0.717) is 11.4 Å². The van der Waals surface area contributed by atoms with Gasteiger partial charge in [0.15, 0.2) is 0 Å². The first-order valence-electron chi connectivity index (χ1n) is 7.22. The predicted octanol–water partition coefficient (Wildman–Crippen LogP) is 4.20.